The van der Waals surface area contributed by atoms with Gasteiger partial charge in [-0.05, 0) is 44.2 Å². The first-order valence-corrected chi connectivity index (χ1v) is 8.48. The van der Waals surface area contributed by atoms with Crippen LogP contribution in [0, 0.1) is 11.8 Å². The molecule has 0 aromatic rings. The lowest BCUT2D eigenvalue weighted by molar-refractivity contribution is -0.126. The fourth-order valence-corrected chi connectivity index (χ4v) is 3.34. The Balaban J connectivity index is 1.46. The number of rotatable bonds is 8. The van der Waals surface area contributed by atoms with Crippen molar-refractivity contribution >= 4 is 11.8 Å². The molecule has 3 N–H and O–H groups in total. The van der Waals surface area contributed by atoms with Crippen molar-refractivity contribution in [2.45, 2.75) is 51.4 Å². The smallest absolute Gasteiger partial charge is 0.239 e. The van der Waals surface area contributed by atoms with Crippen LogP contribution in [0.4, 0.5) is 0 Å². The second-order valence-corrected chi connectivity index (χ2v) is 6.46. The van der Waals surface area contributed by atoms with Crippen LogP contribution in [0.1, 0.15) is 51.4 Å². The molecule has 1 saturated carbocycles. The van der Waals surface area contributed by atoms with Crippen LogP contribution in [0.2, 0.25) is 0 Å². The molecule has 1 aliphatic heterocycles. The molecule has 5 nitrogen and oxygen atoms in total. The Hall–Kier alpha value is -1.10. The summed E-state index contributed by atoms with van der Waals surface area (Å²) in [5.74, 6) is 1.35. The van der Waals surface area contributed by atoms with Crippen LogP contribution < -0.4 is 16.0 Å². The maximum absolute atomic E-state index is 11.7. The Bertz CT molecular complexity index is 334. The van der Waals surface area contributed by atoms with E-state index in [9.17, 15) is 9.59 Å². The summed E-state index contributed by atoms with van der Waals surface area (Å²) in [5, 5.41) is 8.92. The number of carbonyl (C=O) groups excluding carboxylic acids is 2. The minimum absolute atomic E-state index is 0.0112. The maximum Gasteiger partial charge on any atom is 0.239 e. The molecular formula is C16H29N3O2. The van der Waals surface area contributed by atoms with Gasteiger partial charge in [0.1, 0.15) is 0 Å². The summed E-state index contributed by atoms with van der Waals surface area (Å²) in [6.45, 7) is 2.99. The predicted molar refractivity (Wildman–Crippen MR) is 82.8 cm³/mol. The van der Waals surface area contributed by atoms with Gasteiger partial charge in [0, 0.05) is 13.0 Å². The highest BCUT2D eigenvalue weighted by Crippen LogP contribution is 2.28. The normalized spacial score (nSPS) is 22.4. The molecule has 120 valence electrons. The summed E-state index contributed by atoms with van der Waals surface area (Å²) >= 11 is 0. The van der Waals surface area contributed by atoms with Crippen LogP contribution >= 0.6 is 0 Å². The molecule has 2 amide bonds. The van der Waals surface area contributed by atoms with Gasteiger partial charge in [0.25, 0.3) is 0 Å². The van der Waals surface area contributed by atoms with E-state index in [1.165, 1.54) is 32.1 Å². The number of nitrogens with one attached hydrogen (secondary N) is 3. The topological polar surface area (TPSA) is 70.2 Å². The zero-order valence-electron chi connectivity index (χ0n) is 13.0. The van der Waals surface area contributed by atoms with Crippen molar-refractivity contribution < 1.29 is 9.59 Å². The average molecular weight is 295 g/mol. The number of carbonyl (C=O) groups is 2. The third-order valence-corrected chi connectivity index (χ3v) is 4.74. The molecule has 0 aromatic carbocycles. The molecule has 2 aliphatic rings. The van der Waals surface area contributed by atoms with E-state index in [4.69, 9.17) is 0 Å². The summed E-state index contributed by atoms with van der Waals surface area (Å²) in [6, 6.07) is 0. The Morgan fingerprint density at radius 2 is 1.76 bits per heavy atom. The van der Waals surface area contributed by atoms with Gasteiger partial charge in [-0.1, -0.05) is 25.7 Å². The molecule has 0 radical (unpaired) electrons. The highest BCUT2D eigenvalue weighted by atomic mass is 16.2. The molecule has 2 fully saturated rings. The molecule has 0 aromatic heterocycles. The van der Waals surface area contributed by atoms with Crippen LogP contribution in [0.3, 0.4) is 0 Å². The van der Waals surface area contributed by atoms with E-state index in [1.807, 2.05) is 0 Å². The van der Waals surface area contributed by atoms with Crippen molar-refractivity contribution in [2.75, 3.05) is 26.2 Å². The zero-order chi connectivity index (χ0) is 14.9. The van der Waals surface area contributed by atoms with Crippen molar-refractivity contribution in [1.29, 1.82) is 0 Å². The SMILES string of the molecule is O=C(CCC1CCCC1)NCC(=O)NCCC1CCNC1. The Labute approximate surface area is 127 Å². The minimum Gasteiger partial charge on any atom is -0.355 e. The molecular weight excluding hydrogens is 266 g/mol. The van der Waals surface area contributed by atoms with Crippen LogP contribution in [-0.4, -0.2) is 38.0 Å². The summed E-state index contributed by atoms with van der Waals surface area (Å²) in [7, 11) is 0. The van der Waals surface area contributed by atoms with Gasteiger partial charge in [-0.3, -0.25) is 9.59 Å². The first-order valence-electron chi connectivity index (χ1n) is 8.48. The molecule has 1 unspecified atom stereocenters. The van der Waals surface area contributed by atoms with E-state index < -0.39 is 0 Å². The third kappa shape index (κ3) is 6.46. The summed E-state index contributed by atoms with van der Waals surface area (Å²) in [6.07, 6.45) is 8.92. The number of amides is 2. The molecule has 1 atom stereocenters. The summed E-state index contributed by atoms with van der Waals surface area (Å²) in [4.78, 5) is 23.3. The van der Waals surface area contributed by atoms with Gasteiger partial charge < -0.3 is 16.0 Å². The monoisotopic (exact) mass is 295 g/mol. The zero-order valence-corrected chi connectivity index (χ0v) is 13.0. The van der Waals surface area contributed by atoms with Gasteiger partial charge in [-0.15, -0.1) is 0 Å². The van der Waals surface area contributed by atoms with Crippen LogP contribution in [0.5, 0.6) is 0 Å². The third-order valence-electron chi connectivity index (χ3n) is 4.74. The van der Waals surface area contributed by atoms with Crippen molar-refractivity contribution in [3.05, 3.63) is 0 Å². The van der Waals surface area contributed by atoms with E-state index in [0.29, 0.717) is 18.9 Å². The first-order chi connectivity index (χ1) is 10.2. The molecule has 0 bridgehead atoms. The van der Waals surface area contributed by atoms with Crippen LogP contribution in [0.15, 0.2) is 0 Å². The number of hydrogen-bond acceptors (Lipinski definition) is 3. The van der Waals surface area contributed by atoms with Gasteiger partial charge in [0.05, 0.1) is 6.54 Å². The molecule has 1 saturated heterocycles. The van der Waals surface area contributed by atoms with Gasteiger partial charge in [0.2, 0.25) is 11.8 Å². The molecule has 21 heavy (non-hydrogen) atoms. The van der Waals surface area contributed by atoms with E-state index in [1.54, 1.807) is 0 Å². The van der Waals surface area contributed by atoms with Crippen molar-refractivity contribution in [2.24, 2.45) is 11.8 Å². The predicted octanol–water partition coefficient (Wildman–Crippen LogP) is 1.19. The van der Waals surface area contributed by atoms with E-state index >= 15 is 0 Å². The van der Waals surface area contributed by atoms with E-state index in [0.717, 1.165) is 31.8 Å². The fourth-order valence-electron chi connectivity index (χ4n) is 3.34. The molecule has 5 heteroatoms. The highest BCUT2D eigenvalue weighted by Gasteiger charge is 2.17. The Morgan fingerprint density at radius 3 is 2.48 bits per heavy atom. The van der Waals surface area contributed by atoms with Gasteiger partial charge in [-0.25, -0.2) is 0 Å². The largest absolute Gasteiger partial charge is 0.355 e. The second-order valence-electron chi connectivity index (χ2n) is 6.46. The average Bonchev–Trinajstić information content (AvgIpc) is 3.16. The van der Waals surface area contributed by atoms with Gasteiger partial charge in [-0.2, -0.15) is 0 Å². The lowest BCUT2D eigenvalue weighted by Crippen LogP contribution is -2.37. The molecule has 0 spiro atoms. The Morgan fingerprint density at radius 1 is 0.952 bits per heavy atom. The van der Waals surface area contributed by atoms with E-state index in [-0.39, 0.29) is 18.4 Å². The summed E-state index contributed by atoms with van der Waals surface area (Å²) in [5.41, 5.74) is 0. The molecule has 2 rings (SSSR count). The van der Waals surface area contributed by atoms with Gasteiger partial charge >= 0.3 is 0 Å². The number of hydrogen-bond donors (Lipinski definition) is 3. The van der Waals surface area contributed by atoms with Crippen molar-refractivity contribution in [3.63, 3.8) is 0 Å². The summed E-state index contributed by atoms with van der Waals surface area (Å²) < 4.78 is 0. The molecule has 1 heterocycles. The lowest BCUT2D eigenvalue weighted by atomic mass is 10.0. The second kappa shape index (κ2) is 9.03. The Kier molecular flexibility index (Phi) is 7.00. The first kappa shape index (κ1) is 16.3. The van der Waals surface area contributed by atoms with Crippen LogP contribution in [-0.2, 0) is 9.59 Å². The minimum atomic E-state index is -0.0739. The van der Waals surface area contributed by atoms with Gasteiger partial charge in [0.15, 0.2) is 0 Å². The van der Waals surface area contributed by atoms with E-state index in [2.05, 4.69) is 16.0 Å². The lowest BCUT2D eigenvalue weighted by Gasteiger charge is -2.11. The maximum atomic E-state index is 11.7. The van der Waals surface area contributed by atoms with Crippen LogP contribution in [0.25, 0.3) is 0 Å². The molecule has 1 aliphatic carbocycles. The van der Waals surface area contributed by atoms with Crippen molar-refractivity contribution in [1.82, 2.24) is 16.0 Å². The van der Waals surface area contributed by atoms with Crippen molar-refractivity contribution in [3.8, 4) is 0 Å². The highest BCUT2D eigenvalue weighted by molar-refractivity contribution is 5.84. The standard InChI is InChI=1S/C16H29N3O2/c20-15(6-5-13-3-1-2-4-13)19-12-16(21)18-10-8-14-7-9-17-11-14/h13-14,17H,1-12H2,(H,18,21)(H,19,20). The fraction of sp³-hybridized carbons (Fsp3) is 0.875. The quantitative estimate of drug-likeness (QED) is 0.630.